The van der Waals surface area contributed by atoms with Gasteiger partial charge in [0, 0.05) is 19.2 Å². The maximum absolute atomic E-state index is 12.6. The van der Waals surface area contributed by atoms with Crippen molar-refractivity contribution in [2.75, 3.05) is 13.6 Å². The van der Waals surface area contributed by atoms with Crippen molar-refractivity contribution in [2.24, 2.45) is 0 Å². The minimum Gasteiger partial charge on any atom is -0.467 e. The summed E-state index contributed by atoms with van der Waals surface area (Å²) in [5.74, 6) is -0.159. The molecule has 6 nitrogen and oxygen atoms in total. The van der Waals surface area contributed by atoms with Crippen LogP contribution in [0.15, 0.2) is 41.0 Å². The largest absolute Gasteiger partial charge is 0.467 e. The summed E-state index contributed by atoms with van der Waals surface area (Å²) in [6.45, 7) is 2.74. The van der Waals surface area contributed by atoms with Gasteiger partial charge in [-0.05, 0) is 36.8 Å². The second-order valence-corrected chi connectivity index (χ2v) is 6.12. The van der Waals surface area contributed by atoms with Crippen LogP contribution in [0.3, 0.4) is 0 Å². The third kappa shape index (κ3) is 3.20. The van der Waals surface area contributed by atoms with E-state index in [-0.39, 0.29) is 17.7 Å². The quantitative estimate of drug-likeness (QED) is 0.758. The summed E-state index contributed by atoms with van der Waals surface area (Å²) in [7, 11) is 1.67. The molecule has 2 heterocycles. The summed E-state index contributed by atoms with van der Waals surface area (Å²) in [4.78, 5) is 40.2. The van der Waals surface area contributed by atoms with Crippen molar-refractivity contribution in [1.82, 2.24) is 9.80 Å². The highest BCUT2D eigenvalue weighted by Crippen LogP contribution is 2.25. The molecule has 3 amide bonds. The summed E-state index contributed by atoms with van der Waals surface area (Å²) < 4.78 is 5.25. The Morgan fingerprint density at radius 1 is 1.16 bits per heavy atom. The zero-order valence-corrected chi connectivity index (χ0v) is 14.3. The Kier molecular flexibility index (Phi) is 4.70. The maximum atomic E-state index is 12.6. The number of carbonyl (C=O) groups excluding carboxylic acids is 3. The lowest BCUT2D eigenvalue weighted by Gasteiger charge is -2.16. The molecule has 1 aromatic heterocycles. The van der Waals surface area contributed by atoms with Gasteiger partial charge in [-0.2, -0.15) is 0 Å². The van der Waals surface area contributed by atoms with Crippen molar-refractivity contribution in [3.63, 3.8) is 0 Å². The number of fused-ring (bicyclic) bond motifs is 1. The van der Waals surface area contributed by atoms with Crippen LogP contribution in [-0.2, 0) is 6.54 Å². The molecule has 0 bridgehead atoms. The van der Waals surface area contributed by atoms with Crippen LogP contribution in [0.4, 0.5) is 0 Å². The van der Waals surface area contributed by atoms with Crippen molar-refractivity contribution in [1.29, 1.82) is 0 Å². The Labute approximate surface area is 146 Å². The van der Waals surface area contributed by atoms with Crippen molar-refractivity contribution < 1.29 is 18.8 Å². The standard InChI is InChI=1S/C19H20N2O4/c1-3-4-9-21-18(23)15-8-7-13(11-16(15)19(21)24)17(22)20(2)12-14-6-5-10-25-14/h5-8,10-11H,3-4,9,12H2,1-2H3. The molecule has 0 atom stereocenters. The number of hydrogen-bond acceptors (Lipinski definition) is 4. The first kappa shape index (κ1) is 17.0. The molecular formula is C19H20N2O4. The van der Waals surface area contributed by atoms with E-state index in [4.69, 9.17) is 4.42 Å². The Hall–Kier alpha value is -2.89. The molecule has 0 saturated heterocycles. The minimum atomic E-state index is -0.322. The van der Waals surface area contributed by atoms with Crippen LogP contribution in [0.25, 0.3) is 0 Å². The SMILES string of the molecule is CCCCN1C(=O)c2ccc(C(=O)N(C)Cc3ccco3)cc2C1=O. The van der Waals surface area contributed by atoms with E-state index in [9.17, 15) is 14.4 Å². The number of furan rings is 1. The number of carbonyl (C=O) groups is 3. The zero-order valence-electron chi connectivity index (χ0n) is 14.3. The molecule has 3 rings (SSSR count). The molecule has 0 aliphatic carbocycles. The Balaban J connectivity index is 1.80. The topological polar surface area (TPSA) is 70.8 Å². The summed E-state index contributed by atoms with van der Waals surface area (Å²) in [5, 5.41) is 0. The smallest absolute Gasteiger partial charge is 0.261 e. The van der Waals surface area contributed by atoms with Gasteiger partial charge in [0.15, 0.2) is 0 Å². The molecule has 0 fully saturated rings. The lowest BCUT2D eigenvalue weighted by Crippen LogP contribution is -2.30. The van der Waals surface area contributed by atoms with Crippen molar-refractivity contribution in [3.8, 4) is 0 Å². The molecule has 1 aromatic carbocycles. The van der Waals surface area contributed by atoms with Gasteiger partial charge in [-0.3, -0.25) is 19.3 Å². The van der Waals surface area contributed by atoms with Crippen LogP contribution < -0.4 is 0 Å². The molecule has 0 unspecified atom stereocenters. The fraction of sp³-hybridized carbons (Fsp3) is 0.316. The van der Waals surface area contributed by atoms with Crippen LogP contribution in [0, 0.1) is 0 Å². The normalized spacial score (nSPS) is 13.3. The lowest BCUT2D eigenvalue weighted by molar-refractivity contribution is 0.0652. The van der Waals surface area contributed by atoms with E-state index in [1.165, 1.54) is 15.9 Å². The van der Waals surface area contributed by atoms with E-state index < -0.39 is 0 Å². The number of rotatable bonds is 6. The molecular weight excluding hydrogens is 320 g/mol. The first-order valence-corrected chi connectivity index (χ1v) is 8.31. The number of nitrogens with zero attached hydrogens (tertiary/aromatic N) is 2. The summed E-state index contributed by atoms with van der Waals surface area (Å²) >= 11 is 0. The van der Waals surface area contributed by atoms with E-state index in [2.05, 4.69) is 0 Å². The predicted molar refractivity (Wildman–Crippen MR) is 91.2 cm³/mol. The summed E-state index contributed by atoms with van der Waals surface area (Å²) in [6, 6.07) is 8.23. The lowest BCUT2D eigenvalue weighted by atomic mass is 10.0. The first-order chi connectivity index (χ1) is 12.0. The maximum Gasteiger partial charge on any atom is 0.261 e. The molecule has 0 spiro atoms. The minimum absolute atomic E-state index is 0.230. The van der Waals surface area contributed by atoms with E-state index in [1.54, 1.807) is 37.6 Å². The zero-order chi connectivity index (χ0) is 18.0. The number of amides is 3. The average Bonchev–Trinajstić information content (AvgIpc) is 3.20. The van der Waals surface area contributed by atoms with Crippen molar-refractivity contribution in [2.45, 2.75) is 26.3 Å². The number of unbranched alkanes of at least 4 members (excludes halogenated alkanes) is 1. The Bertz CT molecular complexity index is 811. The molecule has 6 heteroatoms. The van der Waals surface area contributed by atoms with Gasteiger partial charge in [-0.15, -0.1) is 0 Å². The first-order valence-electron chi connectivity index (χ1n) is 8.31. The van der Waals surface area contributed by atoms with Gasteiger partial charge in [-0.1, -0.05) is 13.3 Å². The van der Waals surface area contributed by atoms with Gasteiger partial charge >= 0.3 is 0 Å². The average molecular weight is 340 g/mol. The van der Waals surface area contributed by atoms with E-state index in [1.807, 2.05) is 6.92 Å². The van der Waals surface area contributed by atoms with Gasteiger partial charge in [0.1, 0.15) is 5.76 Å². The molecule has 1 aliphatic heterocycles. The van der Waals surface area contributed by atoms with Gasteiger partial charge in [0.05, 0.1) is 23.9 Å². The van der Waals surface area contributed by atoms with Crippen LogP contribution >= 0.6 is 0 Å². The third-order valence-corrected chi connectivity index (χ3v) is 4.27. The van der Waals surface area contributed by atoms with Gasteiger partial charge in [0.25, 0.3) is 17.7 Å². The molecule has 2 aromatic rings. The highest BCUT2D eigenvalue weighted by Gasteiger charge is 2.35. The molecule has 0 radical (unpaired) electrons. The second kappa shape index (κ2) is 6.93. The fourth-order valence-electron chi connectivity index (χ4n) is 2.87. The van der Waals surface area contributed by atoms with Gasteiger partial charge in [0.2, 0.25) is 0 Å². The van der Waals surface area contributed by atoms with Gasteiger partial charge in [-0.25, -0.2) is 0 Å². The summed E-state index contributed by atoms with van der Waals surface area (Å²) in [5.41, 5.74) is 1.05. The highest BCUT2D eigenvalue weighted by molar-refractivity contribution is 6.22. The molecule has 1 aliphatic rings. The molecule has 130 valence electrons. The third-order valence-electron chi connectivity index (χ3n) is 4.27. The van der Waals surface area contributed by atoms with Crippen molar-refractivity contribution >= 4 is 17.7 Å². The van der Waals surface area contributed by atoms with Crippen LogP contribution in [-0.4, -0.2) is 41.1 Å². The van der Waals surface area contributed by atoms with Gasteiger partial charge < -0.3 is 9.32 Å². The Morgan fingerprint density at radius 3 is 2.60 bits per heavy atom. The van der Waals surface area contributed by atoms with Crippen molar-refractivity contribution in [3.05, 3.63) is 59.0 Å². The van der Waals surface area contributed by atoms with Crippen LogP contribution in [0.5, 0.6) is 0 Å². The van der Waals surface area contributed by atoms with Crippen LogP contribution in [0.2, 0.25) is 0 Å². The fourth-order valence-corrected chi connectivity index (χ4v) is 2.87. The molecule has 25 heavy (non-hydrogen) atoms. The summed E-state index contributed by atoms with van der Waals surface area (Å²) in [6.07, 6.45) is 3.22. The monoisotopic (exact) mass is 340 g/mol. The molecule has 0 saturated carbocycles. The van der Waals surface area contributed by atoms with Crippen LogP contribution in [0.1, 0.15) is 56.6 Å². The molecule has 0 N–H and O–H groups in total. The highest BCUT2D eigenvalue weighted by atomic mass is 16.3. The van der Waals surface area contributed by atoms with E-state index in [0.29, 0.717) is 35.5 Å². The number of benzene rings is 1. The second-order valence-electron chi connectivity index (χ2n) is 6.12. The van der Waals surface area contributed by atoms with E-state index in [0.717, 1.165) is 12.8 Å². The Morgan fingerprint density at radius 2 is 1.92 bits per heavy atom. The number of hydrogen-bond donors (Lipinski definition) is 0. The predicted octanol–water partition coefficient (Wildman–Crippen LogP) is 2.95. The number of imide groups is 1. The van der Waals surface area contributed by atoms with E-state index >= 15 is 0 Å².